The Balaban J connectivity index is 2.11. The molecule has 0 bridgehead atoms. The molecule has 0 unspecified atom stereocenters. The average molecular weight is 415 g/mol. The van der Waals surface area contributed by atoms with Gasteiger partial charge < -0.3 is 0 Å². The molecule has 3 rings (SSSR count). The van der Waals surface area contributed by atoms with E-state index in [9.17, 15) is 0 Å². The molecule has 1 aromatic heterocycles. The van der Waals surface area contributed by atoms with E-state index in [1.807, 2.05) is 36.5 Å². The number of benzene rings is 2. The van der Waals surface area contributed by atoms with Crippen LogP contribution in [0, 0.1) is 26.9 Å². The molecule has 0 N–H and O–H groups in total. The number of halogens is 2. The van der Waals surface area contributed by atoms with E-state index in [0.717, 1.165) is 25.6 Å². The van der Waals surface area contributed by atoms with E-state index in [1.165, 1.54) is 0 Å². The lowest BCUT2D eigenvalue weighted by molar-refractivity contribution is 1.29. The molecular formula is C18H8ClIN2. The van der Waals surface area contributed by atoms with E-state index < -0.39 is 0 Å². The fourth-order valence-electron chi connectivity index (χ4n) is 2.04. The first-order chi connectivity index (χ1) is 10.7. The van der Waals surface area contributed by atoms with Gasteiger partial charge in [-0.25, -0.2) is 4.98 Å². The molecule has 2 aromatic carbocycles. The Kier molecular flexibility index (Phi) is 4.29. The van der Waals surface area contributed by atoms with Gasteiger partial charge in [-0.2, -0.15) is 5.26 Å². The van der Waals surface area contributed by atoms with Gasteiger partial charge in [0.2, 0.25) is 0 Å². The minimum Gasteiger partial charge on any atom is -0.248 e. The van der Waals surface area contributed by atoms with Crippen molar-refractivity contribution < 1.29 is 0 Å². The summed E-state index contributed by atoms with van der Waals surface area (Å²) in [6.07, 6.45) is 1.82. The Bertz CT molecular complexity index is 955. The van der Waals surface area contributed by atoms with Crippen LogP contribution >= 0.6 is 34.2 Å². The van der Waals surface area contributed by atoms with Crippen molar-refractivity contribution in [3.63, 3.8) is 0 Å². The van der Waals surface area contributed by atoms with Crippen LogP contribution in [0.4, 0.5) is 0 Å². The zero-order valence-electron chi connectivity index (χ0n) is 11.3. The summed E-state index contributed by atoms with van der Waals surface area (Å²) < 4.78 is 0.841. The topological polar surface area (TPSA) is 36.7 Å². The van der Waals surface area contributed by atoms with Crippen molar-refractivity contribution in [2.45, 2.75) is 0 Å². The molecule has 0 aliphatic heterocycles. The van der Waals surface area contributed by atoms with Gasteiger partial charge in [-0.05, 0) is 59.0 Å². The summed E-state index contributed by atoms with van der Waals surface area (Å²) in [6, 6.07) is 15.0. The van der Waals surface area contributed by atoms with Crippen LogP contribution in [-0.2, 0) is 0 Å². The highest BCUT2D eigenvalue weighted by molar-refractivity contribution is 14.1. The van der Waals surface area contributed by atoms with Crippen LogP contribution in [-0.4, -0.2) is 4.98 Å². The van der Waals surface area contributed by atoms with E-state index >= 15 is 0 Å². The summed E-state index contributed by atoms with van der Waals surface area (Å²) in [7, 11) is 0. The van der Waals surface area contributed by atoms with Crippen molar-refractivity contribution in [3.8, 4) is 17.9 Å². The molecule has 104 valence electrons. The summed E-state index contributed by atoms with van der Waals surface area (Å²) >= 11 is 8.27. The number of nitriles is 1. The van der Waals surface area contributed by atoms with Gasteiger partial charge in [0.1, 0.15) is 3.70 Å². The lowest BCUT2D eigenvalue weighted by atomic mass is 10.1. The van der Waals surface area contributed by atoms with Crippen LogP contribution < -0.4 is 0 Å². The number of nitrogens with zero attached hydrogens (tertiary/aromatic N) is 2. The molecule has 0 fully saturated rings. The Hall–Kier alpha value is -2.08. The standard InChI is InChI=1S/C18H8ClIN2/c19-15-7-6-14-11-22-18(20)16(17(14)9-15)8-5-12-1-3-13(10-21)4-2-12/h1-4,6-7,9,11H. The van der Waals surface area contributed by atoms with Crippen molar-refractivity contribution in [1.29, 1.82) is 5.26 Å². The maximum absolute atomic E-state index is 8.81. The minimum absolute atomic E-state index is 0.624. The van der Waals surface area contributed by atoms with Crippen molar-refractivity contribution in [2.75, 3.05) is 0 Å². The smallest absolute Gasteiger partial charge is 0.117 e. The van der Waals surface area contributed by atoms with Crippen molar-refractivity contribution in [1.82, 2.24) is 4.98 Å². The predicted octanol–water partition coefficient (Wildman–Crippen LogP) is 4.76. The Morgan fingerprint density at radius 2 is 1.73 bits per heavy atom. The largest absolute Gasteiger partial charge is 0.248 e. The van der Waals surface area contributed by atoms with Gasteiger partial charge in [-0.1, -0.05) is 29.5 Å². The fourth-order valence-corrected chi connectivity index (χ4v) is 2.78. The van der Waals surface area contributed by atoms with Gasteiger partial charge in [0, 0.05) is 27.6 Å². The Labute approximate surface area is 146 Å². The summed E-state index contributed by atoms with van der Waals surface area (Å²) in [5.74, 6) is 6.29. The first-order valence-corrected chi connectivity index (χ1v) is 7.89. The van der Waals surface area contributed by atoms with Crippen LogP contribution in [0.25, 0.3) is 10.8 Å². The molecule has 4 heteroatoms. The monoisotopic (exact) mass is 414 g/mol. The van der Waals surface area contributed by atoms with Crippen LogP contribution in [0.1, 0.15) is 16.7 Å². The zero-order chi connectivity index (χ0) is 15.5. The van der Waals surface area contributed by atoms with Crippen molar-refractivity contribution in [2.24, 2.45) is 0 Å². The molecular weight excluding hydrogens is 407 g/mol. The van der Waals surface area contributed by atoms with Gasteiger partial charge >= 0.3 is 0 Å². The normalized spacial score (nSPS) is 9.86. The molecule has 22 heavy (non-hydrogen) atoms. The summed E-state index contributed by atoms with van der Waals surface area (Å²) in [4.78, 5) is 4.37. The highest BCUT2D eigenvalue weighted by Gasteiger charge is 2.05. The third-order valence-electron chi connectivity index (χ3n) is 3.15. The van der Waals surface area contributed by atoms with E-state index in [2.05, 4.69) is 45.5 Å². The van der Waals surface area contributed by atoms with Gasteiger partial charge in [-0.15, -0.1) is 0 Å². The van der Waals surface area contributed by atoms with Crippen molar-refractivity contribution in [3.05, 3.63) is 74.1 Å². The van der Waals surface area contributed by atoms with Crippen LogP contribution in [0.3, 0.4) is 0 Å². The van der Waals surface area contributed by atoms with Gasteiger partial charge in [-0.3, -0.25) is 0 Å². The highest BCUT2D eigenvalue weighted by Crippen LogP contribution is 2.24. The number of pyridine rings is 1. The summed E-state index contributed by atoms with van der Waals surface area (Å²) in [5, 5.41) is 11.5. The van der Waals surface area contributed by atoms with Crippen LogP contribution in [0.5, 0.6) is 0 Å². The van der Waals surface area contributed by atoms with Crippen molar-refractivity contribution >= 4 is 45.0 Å². The lowest BCUT2D eigenvalue weighted by Crippen LogP contribution is -1.90. The van der Waals surface area contributed by atoms with Gasteiger partial charge in [0.25, 0.3) is 0 Å². The Morgan fingerprint density at radius 1 is 1.00 bits per heavy atom. The second-order valence-corrected chi connectivity index (χ2v) is 6.05. The maximum Gasteiger partial charge on any atom is 0.117 e. The van der Waals surface area contributed by atoms with E-state index in [4.69, 9.17) is 16.9 Å². The maximum atomic E-state index is 8.81. The first-order valence-electron chi connectivity index (χ1n) is 6.43. The molecule has 2 nitrogen and oxygen atoms in total. The average Bonchev–Trinajstić information content (AvgIpc) is 2.54. The molecule has 0 aliphatic rings. The predicted molar refractivity (Wildman–Crippen MR) is 96.6 cm³/mol. The van der Waals surface area contributed by atoms with Gasteiger partial charge in [0.05, 0.1) is 17.2 Å². The second-order valence-electron chi connectivity index (χ2n) is 4.59. The molecule has 0 radical (unpaired) electrons. The quantitative estimate of drug-likeness (QED) is 0.302. The van der Waals surface area contributed by atoms with E-state index in [0.29, 0.717) is 10.6 Å². The number of hydrogen-bond acceptors (Lipinski definition) is 2. The molecule has 0 atom stereocenters. The Morgan fingerprint density at radius 3 is 2.45 bits per heavy atom. The van der Waals surface area contributed by atoms with Crippen LogP contribution in [0.15, 0.2) is 48.7 Å². The number of rotatable bonds is 0. The van der Waals surface area contributed by atoms with E-state index in [-0.39, 0.29) is 0 Å². The fraction of sp³-hybridized carbons (Fsp3) is 0. The molecule has 0 amide bonds. The first kappa shape index (κ1) is 14.8. The minimum atomic E-state index is 0.624. The molecule has 0 saturated heterocycles. The summed E-state index contributed by atoms with van der Waals surface area (Å²) in [5.41, 5.74) is 2.34. The lowest BCUT2D eigenvalue weighted by Gasteiger charge is -2.03. The number of hydrogen-bond donors (Lipinski definition) is 0. The number of aromatic nitrogens is 1. The molecule has 0 saturated carbocycles. The molecule has 3 aromatic rings. The third kappa shape index (κ3) is 3.06. The van der Waals surface area contributed by atoms with E-state index in [1.54, 1.807) is 12.1 Å². The molecule has 0 spiro atoms. The zero-order valence-corrected chi connectivity index (χ0v) is 14.2. The number of fused-ring (bicyclic) bond motifs is 1. The molecule has 1 heterocycles. The summed E-state index contributed by atoms with van der Waals surface area (Å²) in [6.45, 7) is 0. The van der Waals surface area contributed by atoms with Crippen LogP contribution in [0.2, 0.25) is 5.02 Å². The molecule has 0 aliphatic carbocycles. The SMILES string of the molecule is N#Cc1ccc(C#Cc2c(I)ncc3ccc(Cl)cc23)cc1. The second kappa shape index (κ2) is 6.36. The highest BCUT2D eigenvalue weighted by atomic mass is 127. The third-order valence-corrected chi connectivity index (χ3v) is 4.21. The van der Waals surface area contributed by atoms with Gasteiger partial charge in [0.15, 0.2) is 0 Å².